The van der Waals surface area contributed by atoms with Crippen LogP contribution in [0.1, 0.15) is 50.2 Å². The Morgan fingerprint density at radius 3 is 2.45 bits per heavy atom. The molecule has 0 bridgehead atoms. The molecule has 8 nitrogen and oxygen atoms in total. The number of nitrogens with one attached hydrogen (secondary N) is 1. The maximum Gasteiger partial charge on any atom is 0.339 e. The molecule has 1 N–H and O–H groups in total. The van der Waals surface area contributed by atoms with Gasteiger partial charge in [0.05, 0.1) is 29.3 Å². The second kappa shape index (κ2) is 8.20. The van der Waals surface area contributed by atoms with E-state index in [-0.39, 0.29) is 5.78 Å². The van der Waals surface area contributed by atoms with E-state index in [4.69, 9.17) is 4.74 Å². The van der Waals surface area contributed by atoms with Crippen LogP contribution < -0.4 is 0 Å². The Morgan fingerprint density at radius 1 is 1.17 bits per heavy atom. The molecule has 29 heavy (non-hydrogen) atoms. The number of carbonyl (C=O) groups is 2. The van der Waals surface area contributed by atoms with Gasteiger partial charge in [-0.3, -0.25) is 4.79 Å². The summed E-state index contributed by atoms with van der Waals surface area (Å²) < 4.78 is 6.48. The monoisotopic (exact) mass is 413 g/mol. The molecule has 0 aliphatic rings. The average Bonchev–Trinajstić information content (AvgIpc) is 3.24. The predicted octanol–water partition coefficient (Wildman–Crippen LogP) is 3.37. The summed E-state index contributed by atoms with van der Waals surface area (Å²) in [6.45, 7) is 9.26. The number of aromatic amines is 1. The van der Waals surface area contributed by atoms with E-state index in [0.29, 0.717) is 27.7 Å². The number of tetrazole rings is 1. The highest BCUT2D eigenvalue weighted by molar-refractivity contribution is 8.00. The third-order valence-corrected chi connectivity index (χ3v) is 5.85. The number of hydrogen-bond acceptors (Lipinski definition) is 7. The van der Waals surface area contributed by atoms with Crippen LogP contribution in [0.2, 0.25) is 0 Å². The topological polar surface area (TPSA) is 103 Å². The Hall–Kier alpha value is -2.94. The van der Waals surface area contributed by atoms with Gasteiger partial charge in [0.25, 0.3) is 0 Å². The third kappa shape index (κ3) is 3.82. The normalized spacial score (nSPS) is 12.1. The maximum atomic E-state index is 13.1. The van der Waals surface area contributed by atoms with Gasteiger partial charge in [-0.15, -0.1) is 5.10 Å². The van der Waals surface area contributed by atoms with Crippen molar-refractivity contribution in [1.29, 1.82) is 0 Å². The molecule has 1 atom stereocenters. The number of ether oxygens (including phenoxy) is 1. The van der Waals surface area contributed by atoms with Gasteiger partial charge in [0.2, 0.25) is 5.16 Å². The predicted molar refractivity (Wildman–Crippen MR) is 110 cm³/mol. The molecule has 0 aliphatic carbocycles. The van der Waals surface area contributed by atoms with Gasteiger partial charge in [-0.05, 0) is 61.7 Å². The Bertz CT molecular complexity index is 1070. The quantitative estimate of drug-likeness (QED) is 0.375. The SMILES string of the molecule is COC(=O)c1c(C)[nH]c(C(=O)[C@H](C)Sc2nnnn2-c2c(C)cccc2C)c1C. The first-order valence-electron chi connectivity index (χ1n) is 9.09. The third-order valence-electron chi connectivity index (χ3n) is 4.82. The number of Topliss-reactive ketones (excluding diaryl/α,β-unsaturated/α-hetero) is 1. The van der Waals surface area contributed by atoms with Crippen LogP contribution >= 0.6 is 11.8 Å². The molecule has 0 fully saturated rings. The van der Waals surface area contributed by atoms with Gasteiger partial charge in [-0.2, -0.15) is 4.68 Å². The number of ketones is 1. The lowest BCUT2D eigenvalue weighted by molar-refractivity contribution is 0.0599. The molecule has 9 heteroatoms. The van der Waals surface area contributed by atoms with Crippen LogP contribution in [0.25, 0.3) is 5.69 Å². The van der Waals surface area contributed by atoms with Crippen molar-refractivity contribution in [3.05, 3.63) is 51.8 Å². The van der Waals surface area contributed by atoms with Crippen LogP contribution in [0.15, 0.2) is 23.4 Å². The number of benzene rings is 1. The van der Waals surface area contributed by atoms with Gasteiger partial charge >= 0.3 is 5.97 Å². The number of thioether (sulfide) groups is 1. The van der Waals surface area contributed by atoms with Crippen LogP contribution in [-0.2, 0) is 4.74 Å². The summed E-state index contributed by atoms with van der Waals surface area (Å²) in [5.74, 6) is -0.601. The van der Waals surface area contributed by atoms with Crippen LogP contribution in [0.4, 0.5) is 0 Å². The van der Waals surface area contributed by atoms with E-state index in [1.807, 2.05) is 32.0 Å². The zero-order valence-electron chi connectivity index (χ0n) is 17.2. The molecule has 3 rings (SSSR count). The molecule has 0 saturated carbocycles. The smallest absolute Gasteiger partial charge is 0.339 e. The molecule has 0 saturated heterocycles. The van der Waals surface area contributed by atoms with Crippen molar-refractivity contribution in [3.8, 4) is 5.69 Å². The second-order valence-corrected chi connectivity index (χ2v) is 8.16. The van der Waals surface area contributed by atoms with Crippen molar-refractivity contribution in [1.82, 2.24) is 25.2 Å². The summed E-state index contributed by atoms with van der Waals surface area (Å²) in [6.07, 6.45) is 0. The minimum Gasteiger partial charge on any atom is -0.465 e. The maximum absolute atomic E-state index is 13.1. The van der Waals surface area contributed by atoms with Gasteiger partial charge < -0.3 is 9.72 Å². The molecular weight excluding hydrogens is 390 g/mol. The largest absolute Gasteiger partial charge is 0.465 e. The summed E-state index contributed by atoms with van der Waals surface area (Å²) in [7, 11) is 1.32. The second-order valence-electron chi connectivity index (χ2n) is 6.85. The highest BCUT2D eigenvalue weighted by atomic mass is 32.2. The first kappa shape index (κ1) is 20.8. The van der Waals surface area contributed by atoms with E-state index in [0.717, 1.165) is 16.8 Å². The van der Waals surface area contributed by atoms with Gasteiger partial charge in [0.1, 0.15) is 0 Å². The lowest BCUT2D eigenvalue weighted by Gasteiger charge is -2.13. The Balaban J connectivity index is 1.90. The van der Waals surface area contributed by atoms with E-state index >= 15 is 0 Å². The first-order chi connectivity index (χ1) is 13.8. The number of aromatic nitrogens is 5. The fourth-order valence-corrected chi connectivity index (χ4v) is 4.20. The van der Waals surface area contributed by atoms with E-state index in [1.165, 1.54) is 18.9 Å². The van der Waals surface area contributed by atoms with E-state index in [9.17, 15) is 9.59 Å². The average molecular weight is 414 g/mol. The Labute approximate surface area is 173 Å². The van der Waals surface area contributed by atoms with Crippen LogP contribution in [0.5, 0.6) is 0 Å². The Morgan fingerprint density at radius 2 is 1.83 bits per heavy atom. The number of methoxy groups -OCH3 is 1. The molecule has 0 amide bonds. The molecule has 0 radical (unpaired) electrons. The molecule has 2 heterocycles. The molecule has 3 aromatic rings. The molecule has 1 aromatic carbocycles. The fraction of sp³-hybridized carbons (Fsp3) is 0.350. The molecule has 2 aromatic heterocycles. The van der Waals surface area contributed by atoms with Crippen molar-refractivity contribution >= 4 is 23.5 Å². The van der Waals surface area contributed by atoms with Gasteiger partial charge in [-0.25, -0.2) is 4.79 Å². The molecule has 0 spiro atoms. The summed E-state index contributed by atoms with van der Waals surface area (Å²) in [4.78, 5) is 28.1. The minimum absolute atomic E-state index is 0.137. The number of H-pyrrole nitrogens is 1. The summed E-state index contributed by atoms with van der Waals surface area (Å²) in [5.41, 5.74) is 4.96. The van der Waals surface area contributed by atoms with Crippen molar-refractivity contribution in [3.63, 3.8) is 0 Å². The van der Waals surface area contributed by atoms with E-state index in [2.05, 4.69) is 20.5 Å². The van der Waals surface area contributed by atoms with Crippen LogP contribution in [0.3, 0.4) is 0 Å². The van der Waals surface area contributed by atoms with Crippen LogP contribution in [-0.4, -0.2) is 49.3 Å². The van der Waals surface area contributed by atoms with Crippen molar-refractivity contribution in [2.45, 2.75) is 45.0 Å². The first-order valence-corrected chi connectivity index (χ1v) is 9.97. The lowest BCUT2D eigenvalue weighted by Crippen LogP contribution is -2.17. The number of nitrogens with zero attached hydrogens (tertiary/aromatic N) is 4. The van der Waals surface area contributed by atoms with Gasteiger partial charge in [0, 0.05) is 5.69 Å². The summed E-state index contributed by atoms with van der Waals surface area (Å²) in [6, 6.07) is 5.96. The van der Waals surface area contributed by atoms with Crippen LogP contribution in [0, 0.1) is 27.7 Å². The lowest BCUT2D eigenvalue weighted by atomic mass is 10.1. The molecule has 0 aliphatic heterocycles. The highest BCUT2D eigenvalue weighted by Gasteiger charge is 2.27. The van der Waals surface area contributed by atoms with Crippen molar-refractivity contribution < 1.29 is 14.3 Å². The number of carbonyl (C=O) groups excluding carboxylic acids is 2. The molecular formula is C20H23N5O3S. The van der Waals surface area contributed by atoms with Crippen molar-refractivity contribution in [2.24, 2.45) is 0 Å². The number of rotatable bonds is 6. The molecule has 152 valence electrons. The molecule has 0 unspecified atom stereocenters. The summed E-state index contributed by atoms with van der Waals surface area (Å²) >= 11 is 1.27. The highest BCUT2D eigenvalue weighted by Crippen LogP contribution is 2.29. The van der Waals surface area contributed by atoms with E-state index in [1.54, 1.807) is 25.5 Å². The number of hydrogen-bond donors (Lipinski definition) is 1. The summed E-state index contributed by atoms with van der Waals surface area (Å²) in [5, 5.41) is 12.1. The zero-order valence-corrected chi connectivity index (χ0v) is 18.0. The Kier molecular flexibility index (Phi) is 5.88. The van der Waals surface area contributed by atoms with E-state index < -0.39 is 11.2 Å². The fourth-order valence-electron chi connectivity index (χ4n) is 3.35. The van der Waals surface area contributed by atoms with Gasteiger partial charge in [-0.1, -0.05) is 30.0 Å². The zero-order chi connectivity index (χ0) is 21.3. The number of para-hydroxylation sites is 1. The van der Waals surface area contributed by atoms with Crippen molar-refractivity contribution in [2.75, 3.05) is 7.11 Å². The minimum atomic E-state index is -0.466. The number of aryl methyl sites for hydroxylation is 3. The standard InChI is InChI=1S/C20H23N5O3S/c1-10-8-7-9-11(2)17(10)25-20(22-23-24-25)29-14(5)18(26)16-12(3)15(13(4)21-16)19(27)28-6/h7-9,14,21H,1-6H3/t14-/m0/s1. The van der Waals surface area contributed by atoms with Gasteiger partial charge in [0.15, 0.2) is 5.78 Å². The number of esters is 1.